The Hall–Kier alpha value is -0.910. The first-order valence-corrected chi connectivity index (χ1v) is 10.5. The van der Waals surface area contributed by atoms with Crippen molar-refractivity contribution in [2.45, 2.75) is 63.6 Å². The molecule has 5 nitrogen and oxygen atoms in total. The average molecular weight is 346 g/mol. The van der Waals surface area contributed by atoms with Crippen LogP contribution in [0.1, 0.15) is 51.5 Å². The molecule has 140 valence electrons. The maximum atomic E-state index is 4.46. The van der Waals surface area contributed by atoms with Crippen molar-refractivity contribution in [3.8, 4) is 0 Å². The third-order valence-corrected chi connectivity index (χ3v) is 6.87. The van der Waals surface area contributed by atoms with Gasteiger partial charge in [-0.25, -0.2) is 0 Å². The number of hydrogen-bond acceptors (Lipinski definition) is 4. The van der Waals surface area contributed by atoms with Crippen LogP contribution in [-0.4, -0.2) is 70.9 Å². The predicted octanol–water partition coefficient (Wildman–Crippen LogP) is 2.37. The molecule has 4 rings (SSSR count). The summed E-state index contributed by atoms with van der Waals surface area (Å²) in [5.41, 5.74) is 0. The SMILES string of the molecule is CC1CCCCN1CC1CCNCC1N1CCC(n2cccn2)CC1. The molecule has 3 aliphatic rings. The largest absolute Gasteiger partial charge is 0.315 e. The van der Waals surface area contributed by atoms with Crippen LogP contribution in [-0.2, 0) is 0 Å². The van der Waals surface area contributed by atoms with Gasteiger partial charge in [0, 0.05) is 50.7 Å². The molecule has 3 atom stereocenters. The summed E-state index contributed by atoms with van der Waals surface area (Å²) in [6.07, 6.45) is 12.1. The lowest BCUT2D eigenvalue weighted by Crippen LogP contribution is -2.56. The summed E-state index contributed by atoms with van der Waals surface area (Å²) in [4.78, 5) is 5.56. The molecule has 0 amide bonds. The molecule has 0 aromatic carbocycles. The van der Waals surface area contributed by atoms with E-state index in [9.17, 15) is 0 Å². The van der Waals surface area contributed by atoms with Gasteiger partial charge < -0.3 is 10.2 Å². The second-order valence-electron chi connectivity index (χ2n) is 8.41. The second kappa shape index (κ2) is 8.19. The van der Waals surface area contributed by atoms with Crippen LogP contribution in [0.25, 0.3) is 0 Å². The lowest BCUT2D eigenvalue weighted by molar-refractivity contribution is 0.0437. The van der Waals surface area contributed by atoms with Gasteiger partial charge in [-0.2, -0.15) is 5.10 Å². The maximum Gasteiger partial charge on any atom is 0.0543 e. The van der Waals surface area contributed by atoms with Crippen LogP contribution < -0.4 is 5.32 Å². The van der Waals surface area contributed by atoms with Gasteiger partial charge in [-0.1, -0.05) is 6.42 Å². The van der Waals surface area contributed by atoms with Gasteiger partial charge in [0.1, 0.15) is 0 Å². The van der Waals surface area contributed by atoms with Crippen LogP contribution >= 0.6 is 0 Å². The monoisotopic (exact) mass is 345 g/mol. The highest BCUT2D eigenvalue weighted by Crippen LogP contribution is 2.28. The molecule has 0 saturated carbocycles. The Kier molecular flexibility index (Phi) is 5.73. The molecule has 0 aliphatic carbocycles. The van der Waals surface area contributed by atoms with Crippen LogP contribution in [0.5, 0.6) is 0 Å². The fraction of sp³-hybridized carbons (Fsp3) is 0.850. The first-order chi connectivity index (χ1) is 12.3. The first-order valence-electron chi connectivity index (χ1n) is 10.5. The van der Waals surface area contributed by atoms with E-state index in [2.05, 4.69) is 38.0 Å². The summed E-state index contributed by atoms with van der Waals surface area (Å²) in [7, 11) is 0. The number of nitrogens with one attached hydrogen (secondary N) is 1. The molecule has 0 spiro atoms. The highest BCUT2D eigenvalue weighted by atomic mass is 15.3. The molecule has 3 saturated heterocycles. The third-order valence-electron chi connectivity index (χ3n) is 6.87. The zero-order valence-electron chi connectivity index (χ0n) is 15.8. The van der Waals surface area contributed by atoms with E-state index in [1.165, 1.54) is 77.8 Å². The molecule has 3 unspecified atom stereocenters. The van der Waals surface area contributed by atoms with E-state index >= 15 is 0 Å². The number of aromatic nitrogens is 2. The van der Waals surface area contributed by atoms with Crippen LogP contribution in [0.15, 0.2) is 18.5 Å². The predicted molar refractivity (Wildman–Crippen MR) is 102 cm³/mol. The molecular formula is C20H35N5. The quantitative estimate of drug-likeness (QED) is 0.909. The molecule has 5 heteroatoms. The van der Waals surface area contributed by atoms with Crippen LogP contribution in [0.4, 0.5) is 0 Å². The third kappa shape index (κ3) is 4.09. The highest BCUT2D eigenvalue weighted by molar-refractivity contribution is 4.92. The van der Waals surface area contributed by atoms with E-state index in [1.54, 1.807) is 0 Å². The smallest absolute Gasteiger partial charge is 0.0543 e. The Morgan fingerprint density at radius 3 is 2.72 bits per heavy atom. The molecular weight excluding hydrogens is 310 g/mol. The van der Waals surface area contributed by atoms with E-state index in [-0.39, 0.29) is 0 Å². The minimum atomic E-state index is 0.600. The van der Waals surface area contributed by atoms with Crippen LogP contribution in [0.2, 0.25) is 0 Å². The highest BCUT2D eigenvalue weighted by Gasteiger charge is 2.34. The first kappa shape index (κ1) is 17.5. The van der Waals surface area contributed by atoms with Crippen molar-refractivity contribution in [1.82, 2.24) is 24.9 Å². The van der Waals surface area contributed by atoms with Crippen molar-refractivity contribution >= 4 is 0 Å². The van der Waals surface area contributed by atoms with Crippen LogP contribution in [0.3, 0.4) is 0 Å². The lowest BCUT2D eigenvalue weighted by atomic mass is 9.88. The standard InChI is InChI=1S/C20H35N5/c1-17-5-2-3-11-24(17)16-18-6-10-21-15-20(18)23-13-7-19(8-14-23)25-12-4-9-22-25/h4,9,12,17-21H,2-3,5-8,10-11,13-16H2,1H3. The van der Waals surface area contributed by atoms with E-state index in [1.807, 2.05) is 12.3 Å². The number of nitrogens with zero attached hydrogens (tertiary/aromatic N) is 4. The Balaban J connectivity index is 1.34. The Morgan fingerprint density at radius 2 is 1.96 bits per heavy atom. The summed E-state index contributed by atoms with van der Waals surface area (Å²) >= 11 is 0. The molecule has 4 heterocycles. The number of rotatable bonds is 4. The Labute approximate surface area is 152 Å². The number of likely N-dealkylation sites (tertiary alicyclic amines) is 2. The van der Waals surface area contributed by atoms with Gasteiger partial charge in [-0.05, 0) is 64.1 Å². The average Bonchev–Trinajstić information content (AvgIpc) is 3.19. The minimum Gasteiger partial charge on any atom is -0.315 e. The van der Waals surface area contributed by atoms with Gasteiger partial charge in [0.15, 0.2) is 0 Å². The number of piperidine rings is 3. The van der Waals surface area contributed by atoms with Crippen molar-refractivity contribution in [1.29, 1.82) is 0 Å². The van der Waals surface area contributed by atoms with Crippen molar-refractivity contribution in [2.75, 3.05) is 39.3 Å². The topological polar surface area (TPSA) is 36.3 Å². The summed E-state index contributed by atoms with van der Waals surface area (Å²) in [5, 5.41) is 8.13. The van der Waals surface area contributed by atoms with Crippen molar-refractivity contribution < 1.29 is 0 Å². The summed E-state index contributed by atoms with van der Waals surface area (Å²) in [6.45, 7) is 9.90. The zero-order chi connectivity index (χ0) is 17.1. The second-order valence-corrected chi connectivity index (χ2v) is 8.41. The van der Waals surface area contributed by atoms with Crippen molar-refractivity contribution in [2.24, 2.45) is 5.92 Å². The van der Waals surface area contributed by atoms with Crippen LogP contribution in [0, 0.1) is 5.92 Å². The lowest BCUT2D eigenvalue weighted by Gasteiger charge is -2.46. The molecule has 25 heavy (non-hydrogen) atoms. The fourth-order valence-electron chi connectivity index (χ4n) is 5.25. The van der Waals surface area contributed by atoms with Gasteiger partial charge >= 0.3 is 0 Å². The molecule has 0 bridgehead atoms. The normalized spacial score (nSPS) is 33.6. The van der Waals surface area contributed by atoms with Gasteiger partial charge in [0.05, 0.1) is 6.04 Å². The molecule has 0 radical (unpaired) electrons. The van der Waals surface area contributed by atoms with Gasteiger partial charge in [-0.3, -0.25) is 9.58 Å². The number of hydrogen-bond donors (Lipinski definition) is 1. The van der Waals surface area contributed by atoms with Gasteiger partial charge in [0.25, 0.3) is 0 Å². The summed E-state index contributed by atoms with van der Waals surface area (Å²) < 4.78 is 2.17. The fourth-order valence-corrected chi connectivity index (χ4v) is 5.25. The summed E-state index contributed by atoms with van der Waals surface area (Å²) in [6, 6.07) is 4.16. The molecule has 1 aromatic heterocycles. The van der Waals surface area contributed by atoms with E-state index in [4.69, 9.17) is 0 Å². The molecule has 1 N–H and O–H groups in total. The van der Waals surface area contributed by atoms with Gasteiger partial charge in [0.2, 0.25) is 0 Å². The minimum absolute atomic E-state index is 0.600. The molecule has 3 aliphatic heterocycles. The van der Waals surface area contributed by atoms with E-state index in [0.717, 1.165) is 18.0 Å². The maximum absolute atomic E-state index is 4.46. The Bertz CT molecular complexity index is 508. The molecule has 3 fully saturated rings. The van der Waals surface area contributed by atoms with E-state index < -0.39 is 0 Å². The van der Waals surface area contributed by atoms with Crippen molar-refractivity contribution in [3.05, 3.63) is 18.5 Å². The summed E-state index contributed by atoms with van der Waals surface area (Å²) in [5.74, 6) is 0.836. The van der Waals surface area contributed by atoms with E-state index in [0.29, 0.717) is 6.04 Å². The molecule has 1 aromatic rings. The zero-order valence-corrected chi connectivity index (χ0v) is 15.8. The Morgan fingerprint density at radius 1 is 1.08 bits per heavy atom. The van der Waals surface area contributed by atoms with Gasteiger partial charge in [-0.15, -0.1) is 0 Å². The van der Waals surface area contributed by atoms with Crippen molar-refractivity contribution in [3.63, 3.8) is 0 Å².